The molecule has 0 bridgehead atoms. The first-order valence-electron chi connectivity index (χ1n) is 4.44. The van der Waals surface area contributed by atoms with E-state index < -0.39 is 6.09 Å². The van der Waals surface area contributed by atoms with Crippen molar-refractivity contribution in [1.29, 1.82) is 0 Å². The largest absolute Gasteiger partial charge is 0.465 e. The number of nitrogens with two attached hydrogens (primary N) is 1. The van der Waals surface area contributed by atoms with Crippen LogP contribution in [0.15, 0.2) is 0 Å². The number of amides is 1. The van der Waals surface area contributed by atoms with Crippen molar-refractivity contribution in [3.05, 3.63) is 0 Å². The summed E-state index contributed by atoms with van der Waals surface area (Å²) in [7, 11) is 0. The van der Waals surface area contributed by atoms with Gasteiger partial charge in [0.25, 0.3) is 0 Å². The van der Waals surface area contributed by atoms with Crippen LogP contribution < -0.4 is 5.73 Å². The van der Waals surface area contributed by atoms with E-state index in [1.54, 1.807) is 0 Å². The molecule has 0 saturated carbocycles. The van der Waals surface area contributed by atoms with Crippen LogP contribution in [0, 0.1) is 11.8 Å². The molecule has 0 unspecified atom stereocenters. The van der Waals surface area contributed by atoms with Gasteiger partial charge in [0, 0.05) is 0 Å². The number of carbonyl (C=O) groups is 1. The lowest BCUT2D eigenvalue weighted by Gasteiger charge is -2.08. The van der Waals surface area contributed by atoms with Gasteiger partial charge in [0.1, 0.15) is 6.61 Å². The van der Waals surface area contributed by atoms with Gasteiger partial charge in [0.05, 0.1) is 6.54 Å². The van der Waals surface area contributed by atoms with E-state index in [-0.39, 0.29) is 6.61 Å². The number of likely N-dealkylation sites (tertiary alicyclic amines) is 1. The van der Waals surface area contributed by atoms with E-state index in [2.05, 4.69) is 22.5 Å². The van der Waals surface area contributed by atoms with Crippen LogP contribution in [-0.2, 0) is 0 Å². The van der Waals surface area contributed by atoms with E-state index in [0.717, 1.165) is 6.54 Å². The number of primary amides is 1. The molecule has 1 saturated heterocycles. The minimum absolute atomic E-state index is 0.00611. The number of aliphatic hydroxyl groups is 1. The molecule has 1 amide bonds. The normalized spacial score (nSPS) is 14.9. The first-order chi connectivity index (χ1) is 6.66. The van der Waals surface area contributed by atoms with Crippen molar-refractivity contribution in [2.75, 3.05) is 26.2 Å². The van der Waals surface area contributed by atoms with Crippen molar-refractivity contribution in [3.8, 4) is 11.8 Å². The summed E-state index contributed by atoms with van der Waals surface area (Å²) in [6.07, 6.45) is 1.28. The molecule has 0 atom stereocenters. The molecule has 0 aromatic rings. The van der Waals surface area contributed by atoms with E-state index in [1.807, 2.05) is 0 Å². The second-order valence-corrected chi connectivity index (χ2v) is 2.83. The third-order valence-electron chi connectivity index (χ3n) is 1.71. The molecule has 1 rings (SSSR count). The zero-order valence-corrected chi connectivity index (χ0v) is 8.07. The highest BCUT2D eigenvalue weighted by atomic mass is 16.4. The summed E-state index contributed by atoms with van der Waals surface area (Å²) in [5.41, 5.74) is 4.03. The molecular formula is C9H16N2O3. The van der Waals surface area contributed by atoms with Gasteiger partial charge in [0.2, 0.25) is 0 Å². The van der Waals surface area contributed by atoms with Crippen molar-refractivity contribution in [1.82, 2.24) is 4.90 Å². The van der Waals surface area contributed by atoms with Crippen molar-refractivity contribution >= 4 is 6.09 Å². The highest BCUT2D eigenvalue weighted by Crippen LogP contribution is 2.05. The summed E-state index contributed by atoms with van der Waals surface area (Å²) in [4.78, 5) is 11.1. The standard InChI is InChI=1S/C8H13NO.CH3NO2/c10-8-4-3-7-9-5-1-2-6-9;2-1(3)4/h10H,1-2,5-8H2;2H2,(H,3,4). The van der Waals surface area contributed by atoms with E-state index in [1.165, 1.54) is 25.9 Å². The van der Waals surface area contributed by atoms with E-state index >= 15 is 0 Å². The monoisotopic (exact) mass is 200 g/mol. The predicted molar refractivity (Wildman–Crippen MR) is 52.7 cm³/mol. The number of aliphatic hydroxyl groups excluding tert-OH is 1. The molecule has 0 radical (unpaired) electrons. The summed E-state index contributed by atoms with van der Waals surface area (Å²) in [6, 6.07) is 0. The molecule has 14 heavy (non-hydrogen) atoms. The Labute approximate surface area is 83.5 Å². The van der Waals surface area contributed by atoms with E-state index in [4.69, 9.17) is 15.0 Å². The van der Waals surface area contributed by atoms with Gasteiger partial charge in [0.15, 0.2) is 0 Å². The van der Waals surface area contributed by atoms with Crippen LogP contribution in [0.4, 0.5) is 4.79 Å². The van der Waals surface area contributed by atoms with Crippen LogP contribution in [0.1, 0.15) is 12.8 Å². The van der Waals surface area contributed by atoms with Gasteiger partial charge in [-0.25, -0.2) is 4.79 Å². The van der Waals surface area contributed by atoms with Crippen LogP contribution in [0.5, 0.6) is 0 Å². The third-order valence-corrected chi connectivity index (χ3v) is 1.71. The first kappa shape index (κ1) is 12.8. The van der Waals surface area contributed by atoms with Gasteiger partial charge in [-0.2, -0.15) is 0 Å². The number of carboxylic acid groups (broad SMARTS) is 1. The lowest BCUT2D eigenvalue weighted by molar-refractivity contribution is 0.205. The SMILES string of the molecule is NC(=O)O.OCC#CCN1CCCC1. The smallest absolute Gasteiger partial charge is 0.402 e. The van der Waals surface area contributed by atoms with Crippen molar-refractivity contribution in [3.63, 3.8) is 0 Å². The lowest BCUT2D eigenvalue weighted by atomic mass is 10.4. The zero-order chi connectivity index (χ0) is 10.8. The molecule has 80 valence electrons. The summed E-state index contributed by atoms with van der Waals surface area (Å²) in [6.45, 7) is 3.19. The number of hydrogen-bond acceptors (Lipinski definition) is 3. The van der Waals surface area contributed by atoms with Crippen molar-refractivity contribution in [2.24, 2.45) is 5.73 Å². The fraction of sp³-hybridized carbons (Fsp3) is 0.667. The molecule has 0 aliphatic carbocycles. The van der Waals surface area contributed by atoms with Crippen molar-refractivity contribution in [2.45, 2.75) is 12.8 Å². The second kappa shape index (κ2) is 8.35. The Bertz CT molecular complexity index is 210. The first-order valence-corrected chi connectivity index (χ1v) is 4.44. The van der Waals surface area contributed by atoms with Gasteiger partial charge in [-0.05, 0) is 25.9 Å². The Morgan fingerprint density at radius 2 is 1.86 bits per heavy atom. The van der Waals surface area contributed by atoms with Gasteiger partial charge >= 0.3 is 6.09 Å². The molecule has 4 N–H and O–H groups in total. The molecule has 0 spiro atoms. The molecule has 1 heterocycles. The zero-order valence-electron chi connectivity index (χ0n) is 8.07. The Hall–Kier alpha value is -1.25. The lowest BCUT2D eigenvalue weighted by Crippen LogP contribution is -2.19. The van der Waals surface area contributed by atoms with Crippen LogP contribution in [0.2, 0.25) is 0 Å². The van der Waals surface area contributed by atoms with Crippen LogP contribution in [-0.4, -0.2) is 47.4 Å². The maximum atomic E-state index is 8.78. The predicted octanol–water partition coefficient (Wildman–Crippen LogP) is -0.299. The Morgan fingerprint density at radius 3 is 2.29 bits per heavy atom. The van der Waals surface area contributed by atoms with E-state index in [0.29, 0.717) is 0 Å². The Morgan fingerprint density at radius 1 is 1.36 bits per heavy atom. The molecule has 1 aliphatic rings. The quantitative estimate of drug-likeness (QED) is 0.507. The Balaban J connectivity index is 0.000000364. The van der Waals surface area contributed by atoms with E-state index in [9.17, 15) is 0 Å². The summed E-state index contributed by atoms with van der Waals surface area (Å²) >= 11 is 0. The number of nitrogens with zero attached hydrogens (tertiary/aromatic N) is 1. The number of hydrogen-bond donors (Lipinski definition) is 3. The third kappa shape index (κ3) is 8.84. The molecule has 0 aromatic carbocycles. The molecular weight excluding hydrogens is 184 g/mol. The van der Waals surface area contributed by atoms with Crippen molar-refractivity contribution < 1.29 is 15.0 Å². The summed E-state index contributed by atoms with van der Waals surface area (Å²) in [5, 5.41) is 15.5. The summed E-state index contributed by atoms with van der Waals surface area (Å²) < 4.78 is 0. The fourth-order valence-corrected chi connectivity index (χ4v) is 1.16. The van der Waals surface area contributed by atoms with Crippen LogP contribution in [0.3, 0.4) is 0 Å². The van der Waals surface area contributed by atoms with Gasteiger partial charge in [-0.15, -0.1) is 0 Å². The average Bonchev–Trinajstić information content (AvgIpc) is 2.56. The molecule has 1 aliphatic heterocycles. The molecule has 0 aromatic heterocycles. The Kier molecular flexibility index (Phi) is 7.61. The van der Waals surface area contributed by atoms with Crippen LogP contribution >= 0.6 is 0 Å². The minimum atomic E-state index is -1.33. The topological polar surface area (TPSA) is 86.8 Å². The van der Waals surface area contributed by atoms with Gasteiger partial charge in [-0.1, -0.05) is 11.8 Å². The van der Waals surface area contributed by atoms with Gasteiger partial charge < -0.3 is 15.9 Å². The molecule has 1 fully saturated rings. The summed E-state index contributed by atoms with van der Waals surface area (Å²) in [5.74, 6) is 5.54. The maximum Gasteiger partial charge on any atom is 0.402 e. The number of rotatable bonds is 1. The second-order valence-electron chi connectivity index (χ2n) is 2.83. The fourth-order valence-electron chi connectivity index (χ4n) is 1.16. The minimum Gasteiger partial charge on any atom is -0.465 e. The van der Waals surface area contributed by atoms with Crippen LogP contribution in [0.25, 0.3) is 0 Å². The molecule has 5 heteroatoms. The maximum absolute atomic E-state index is 8.78. The molecule has 5 nitrogen and oxygen atoms in total. The highest BCUT2D eigenvalue weighted by molar-refractivity contribution is 5.61. The average molecular weight is 200 g/mol. The highest BCUT2D eigenvalue weighted by Gasteiger charge is 2.08. The van der Waals surface area contributed by atoms with Gasteiger partial charge in [-0.3, -0.25) is 4.90 Å².